The highest BCUT2D eigenvalue weighted by molar-refractivity contribution is 9.10. The molecule has 0 bridgehead atoms. The maximum Gasteiger partial charge on any atom is 0.336 e. The first-order valence-corrected chi connectivity index (χ1v) is 10.8. The van der Waals surface area contributed by atoms with Gasteiger partial charge in [0.2, 0.25) is 6.79 Å². The molecular weight excluding hydrogens is 478 g/mol. The Morgan fingerprint density at radius 1 is 1.00 bits per heavy atom. The molecule has 8 heteroatoms. The Labute approximate surface area is 194 Å². The van der Waals surface area contributed by atoms with Gasteiger partial charge in [-0.3, -0.25) is 0 Å². The van der Waals surface area contributed by atoms with Gasteiger partial charge in [-0.05, 0) is 29.7 Å². The first-order chi connectivity index (χ1) is 15.5. The third-order valence-electron chi connectivity index (χ3n) is 5.38. The summed E-state index contributed by atoms with van der Waals surface area (Å²) in [5, 5.41) is 0. The molecule has 0 amide bonds. The Bertz CT molecular complexity index is 1060. The maximum atomic E-state index is 12.8. The third kappa shape index (κ3) is 4.36. The number of carbonyl (C=O) groups excluding carboxylic acids is 2. The van der Waals surface area contributed by atoms with Crippen LogP contribution < -0.4 is 9.47 Å². The van der Waals surface area contributed by atoms with Crippen LogP contribution in [0.5, 0.6) is 11.5 Å². The number of ether oxygens (including phenoxy) is 4. The van der Waals surface area contributed by atoms with Gasteiger partial charge in [0.05, 0.1) is 31.3 Å². The molecule has 0 aliphatic carbocycles. The molecule has 0 unspecified atom stereocenters. The normalized spacial score (nSPS) is 15.2. The van der Waals surface area contributed by atoms with Crippen LogP contribution in [0.1, 0.15) is 17.0 Å². The van der Waals surface area contributed by atoms with Crippen LogP contribution in [0.2, 0.25) is 0 Å². The molecule has 2 aromatic carbocycles. The summed E-state index contributed by atoms with van der Waals surface area (Å²) in [6.45, 7) is 0.683. The van der Waals surface area contributed by atoms with Crippen LogP contribution in [-0.4, -0.2) is 44.4 Å². The number of methoxy groups -OCH3 is 2. The van der Waals surface area contributed by atoms with Gasteiger partial charge in [0.15, 0.2) is 11.5 Å². The predicted octanol–water partition coefficient (Wildman–Crippen LogP) is 3.93. The Morgan fingerprint density at radius 3 is 2.19 bits per heavy atom. The number of rotatable bonds is 6. The van der Waals surface area contributed by atoms with Gasteiger partial charge < -0.3 is 23.8 Å². The highest BCUT2D eigenvalue weighted by atomic mass is 79.9. The van der Waals surface area contributed by atoms with Crippen molar-refractivity contribution >= 4 is 27.9 Å². The molecule has 0 atom stereocenters. The number of esters is 2. The van der Waals surface area contributed by atoms with E-state index in [9.17, 15) is 9.59 Å². The van der Waals surface area contributed by atoms with Crippen LogP contribution in [0.3, 0.4) is 0 Å². The lowest BCUT2D eigenvalue weighted by Gasteiger charge is -2.30. The molecule has 2 heterocycles. The van der Waals surface area contributed by atoms with E-state index in [2.05, 4.69) is 15.9 Å². The molecule has 0 aromatic heterocycles. The van der Waals surface area contributed by atoms with E-state index in [-0.39, 0.29) is 6.79 Å². The highest BCUT2D eigenvalue weighted by Crippen LogP contribution is 2.45. The number of nitrogens with zero attached hydrogens (tertiary/aromatic N) is 1. The number of fused-ring (bicyclic) bond motifs is 1. The summed E-state index contributed by atoms with van der Waals surface area (Å²) in [4.78, 5) is 27.4. The predicted molar refractivity (Wildman–Crippen MR) is 120 cm³/mol. The summed E-state index contributed by atoms with van der Waals surface area (Å²) in [7, 11) is 2.64. The Balaban J connectivity index is 1.75. The van der Waals surface area contributed by atoms with Gasteiger partial charge in [0, 0.05) is 23.4 Å². The van der Waals surface area contributed by atoms with Gasteiger partial charge in [-0.25, -0.2) is 9.59 Å². The lowest BCUT2D eigenvalue weighted by atomic mass is 9.83. The first kappa shape index (κ1) is 22.0. The number of benzene rings is 2. The van der Waals surface area contributed by atoms with Crippen LogP contribution in [0.15, 0.2) is 70.5 Å². The molecule has 0 saturated carbocycles. The molecule has 32 heavy (non-hydrogen) atoms. The van der Waals surface area contributed by atoms with E-state index in [1.165, 1.54) is 14.2 Å². The van der Waals surface area contributed by atoms with Crippen LogP contribution >= 0.6 is 15.9 Å². The second-order valence-electron chi connectivity index (χ2n) is 7.29. The van der Waals surface area contributed by atoms with Gasteiger partial charge in [-0.15, -0.1) is 0 Å². The molecule has 2 aromatic rings. The molecule has 2 aliphatic rings. The maximum absolute atomic E-state index is 12.8. The van der Waals surface area contributed by atoms with Crippen LogP contribution in [0.4, 0.5) is 0 Å². The highest BCUT2D eigenvalue weighted by Gasteiger charge is 2.37. The summed E-state index contributed by atoms with van der Waals surface area (Å²) in [6, 6.07) is 13.5. The molecule has 0 spiro atoms. The Morgan fingerprint density at radius 2 is 1.59 bits per heavy atom. The van der Waals surface area contributed by atoms with Crippen molar-refractivity contribution in [2.24, 2.45) is 0 Å². The number of carbonyl (C=O) groups is 2. The fourth-order valence-electron chi connectivity index (χ4n) is 3.81. The van der Waals surface area contributed by atoms with Crippen LogP contribution in [0.25, 0.3) is 0 Å². The third-order valence-corrected chi connectivity index (χ3v) is 6.07. The minimum atomic E-state index is -0.702. The fourth-order valence-corrected chi connectivity index (χ4v) is 4.36. The zero-order chi connectivity index (χ0) is 22.7. The van der Waals surface area contributed by atoms with E-state index in [4.69, 9.17) is 18.9 Å². The minimum Gasteiger partial charge on any atom is -0.466 e. The second kappa shape index (κ2) is 9.48. The Hall–Kier alpha value is -3.26. The summed E-state index contributed by atoms with van der Waals surface area (Å²) < 4.78 is 21.7. The lowest BCUT2D eigenvalue weighted by Crippen LogP contribution is -2.29. The van der Waals surface area contributed by atoms with E-state index in [1.54, 1.807) is 24.5 Å². The summed E-state index contributed by atoms with van der Waals surface area (Å²) in [5.41, 5.74) is 2.46. The summed E-state index contributed by atoms with van der Waals surface area (Å²) in [5.74, 6) is -0.624. The second-order valence-corrected chi connectivity index (χ2v) is 8.14. The fraction of sp³-hybridized carbons (Fsp3) is 0.250. The van der Waals surface area contributed by atoms with E-state index in [0.29, 0.717) is 39.2 Å². The molecule has 166 valence electrons. The van der Waals surface area contributed by atoms with Gasteiger partial charge in [-0.1, -0.05) is 46.3 Å². The van der Waals surface area contributed by atoms with Crippen molar-refractivity contribution in [1.29, 1.82) is 0 Å². The smallest absolute Gasteiger partial charge is 0.336 e. The zero-order valence-electron chi connectivity index (χ0n) is 17.7. The van der Waals surface area contributed by atoms with Crippen LogP contribution in [-0.2, 0) is 25.5 Å². The SMILES string of the molecule is COC(=O)C1=CN(CCc2ccccc2)C=C(C(=O)OC)C1c1cc2c(cc1Br)OCO2. The molecule has 0 fully saturated rings. The first-order valence-electron chi connectivity index (χ1n) is 10.0. The molecule has 0 saturated heterocycles. The molecular formula is C24H22BrNO6. The van der Waals surface area contributed by atoms with Crippen molar-refractivity contribution in [3.63, 3.8) is 0 Å². The number of hydrogen-bond donors (Lipinski definition) is 0. The largest absolute Gasteiger partial charge is 0.466 e. The molecule has 4 rings (SSSR count). The summed E-state index contributed by atoms with van der Waals surface area (Å²) in [6.07, 6.45) is 4.18. The van der Waals surface area contributed by atoms with Crippen molar-refractivity contribution in [2.75, 3.05) is 27.6 Å². The van der Waals surface area contributed by atoms with E-state index < -0.39 is 17.9 Å². The van der Waals surface area contributed by atoms with Crippen molar-refractivity contribution in [2.45, 2.75) is 12.3 Å². The van der Waals surface area contributed by atoms with Crippen molar-refractivity contribution in [3.05, 3.63) is 81.6 Å². The quantitative estimate of drug-likeness (QED) is 0.557. The van der Waals surface area contributed by atoms with E-state index >= 15 is 0 Å². The van der Waals surface area contributed by atoms with Crippen LogP contribution in [0, 0.1) is 0 Å². The average molecular weight is 500 g/mol. The van der Waals surface area contributed by atoms with Gasteiger partial charge in [0.1, 0.15) is 0 Å². The van der Waals surface area contributed by atoms with Crippen molar-refractivity contribution in [3.8, 4) is 11.5 Å². The molecule has 7 nitrogen and oxygen atoms in total. The molecule has 0 radical (unpaired) electrons. The van der Waals surface area contributed by atoms with Gasteiger partial charge in [0.25, 0.3) is 0 Å². The lowest BCUT2D eigenvalue weighted by molar-refractivity contribution is -0.137. The van der Waals surface area contributed by atoms with E-state index in [0.717, 1.165) is 12.0 Å². The van der Waals surface area contributed by atoms with Crippen molar-refractivity contribution in [1.82, 2.24) is 4.90 Å². The minimum absolute atomic E-state index is 0.114. The standard InChI is InChI=1S/C24H22BrNO6/c1-29-23(27)17-12-26(9-8-15-6-4-3-5-7-15)13-18(24(28)30-2)22(17)16-10-20-21(11-19(16)25)32-14-31-20/h3-7,10-13,22H,8-9,14H2,1-2H3. The number of hydrogen-bond acceptors (Lipinski definition) is 7. The Kier molecular flexibility index (Phi) is 6.50. The van der Waals surface area contributed by atoms with Gasteiger partial charge in [-0.2, -0.15) is 0 Å². The van der Waals surface area contributed by atoms with E-state index in [1.807, 2.05) is 35.2 Å². The molecule has 0 N–H and O–H groups in total. The monoisotopic (exact) mass is 499 g/mol. The van der Waals surface area contributed by atoms with Crippen molar-refractivity contribution < 1.29 is 28.5 Å². The summed E-state index contributed by atoms with van der Waals surface area (Å²) >= 11 is 3.55. The van der Waals surface area contributed by atoms with Gasteiger partial charge >= 0.3 is 11.9 Å². The molecule has 2 aliphatic heterocycles. The average Bonchev–Trinajstić information content (AvgIpc) is 3.28. The number of halogens is 1. The zero-order valence-corrected chi connectivity index (χ0v) is 19.3. The topological polar surface area (TPSA) is 74.3 Å².